The molecular formula is C16H13ClN2O. The average Bonchev–Trinajstić information content (AvgIpc) is 2.41. The van der Waals surface area contributed by atoms with Gasteiger partial charge in [0.15, 0.2) is 0 Å². The predicted molar refractivity (Wildman–Crippen MR) is 79.5 cm³/mol. The second-order valence-electron chi connectivity index (χ2n) is 4.39. The number of carbonyl (C=O) groups excluding carboxylic acids is 1. The van der Waals surface area contributed by atoms with Crippen molar-refractivity contribution in [2.45, 2.75) is 12.8 Å². The van der Waals surface area contributed by atoms with E-state index in [1.165, 1.54) is 0 Å². The van der Waals surface area contributed by atoms with Crippen LogP contribution in [0.15, 0.2) is 48.5 Å². The zero-order chi connectivity index (χ0) is 14.4. The Morgan fingerprint density at radius 2 is 1.90 bits per heavy atom. The van der Waals surface area contributed by atoms with Gasteiger partial charge in [0.05, 0.1) is 18.9 Å². The molecule has 0 fully saturated rings. The predicted octanol–water partition coefficient (Wildman–Crippen LogP) is 3.59. The highest BCUT2D eigenvalue weighted by atomic mass is 35.5. The Bertz CT molecular complexity index is 644. The number of hydrogen-bond donors (Lipinski definition) is 1. The molecule has 0 bridgehead atoms. The van der Waals surface area contributed by atoms with E-state index < -0.39 is 0 Å². The Kier molecular flexibility index (Phi) is 4.75. The molecule has 0 spiro atoms. The fourth-order valence-corrected chi connectivity index (χ4v) is 2.05. The zero-order valence-electron chi connectivity index (χ0n) is 10.8. The molecule has 1 N–H and O–H groups in total. The molecular weight excluding hydrogens is 272 g/mol. The van der Waals surface area contributed by atoms with Crippen molar-refractivity contribution >= 4 is 23.2 Å². The van der Waals surface area contributed by atoms with Crippen molar-refractivity contribution in [3.63, 3.8) is 0 Å². The van der Waals surface area contributed by atoms with Crippen molar-refractivity contribution in [2.24, 2.45) is 0 Å². The van der Waals surface area contributed by atoms with Crippen LogP contribution in [-0.4, -0.2) is 5.91 Å². The molecule has 2 aromatic rings. The van der Waals surface area contributed by atoms with Crippen LogP contribution < -0.4 is 5.32 Å². The third kappa shape index (κ3) is 4.11. The lowest BCUT2D eigenvalue weighted by atomic mass is 10.1. The van der Waals surface area contributed by atoms with Crippen molar-refractivity contribution in [2.75, 3.05) is 5.32 Å². The molecule has 0 radical (unpaired) electrons. The van der Waals surface area contributed by atoms with Crippen LogP contribution in [0.5, 0.6) is 0 Å². The molecule has 0 saturated heterocycles. The van der Waals surface area contributed by atoms with Gasteiger partial charge in [0.1, 0.15) is 0 Å². The second-order valence-corrected chi connectivity index (χ2v) is 4.82. The molecule has 3 nitrogen and oxygen atoms in total. The van der Waals surface area contributed by atoms with Gasteiger partial charge < -0.3 is 5.32 Å². The average molecular weight is 285 g/mol. The first-order chi connectivity index (χ1) is 9.67. The van der Waals surface area contributed by atoms with Gasteiger partial charge in [-0.3, -0.25) is 4.79 Å². The number of anilines is 1. The summed E-state index contributed by atoms with van der Waals surface area (Å²) in [6, 6.07) is 16.6. The molecule has 0 saturated carbocycles. The number of hydrogen-bond acceptors (Lipinski definition) is 2. The topological polar surface area (TPSA) is 52.9 Å². The number of nitrogens with one attached hydrogen (secondary N) is 1. The van der Waals surface area contributed by atoms with Crippen molar-refractivity contribution in [3.05, 3.63) is 64.7 Å². The summed E-state index contributed by atoms with van der Waals surface area (Å²) in [6.07, 6.45) is 0.650. The van der Waals surface area contributed by atoms with E-state index in [4.69, 9.17) is 16.9 Å². The lowest BCUT2D eigenvalue weighted by Gasteiger charge is -2.06. The summed E-state index contributed by atoms with van der Waals surface area (Å²) in [5, 5.41) is 12.0. The SMILES string of the molecule is N#CCc1ccc(NC(=O)Cc2cccc(Cl)c2)cc1. The van der Waals surface area contributed by atoms with Crippen LogP contribution in [0.2, 0.25) is 5.02 Å². The van der Waals surface area contributed by atoms with Crippen molar-refractivity contribution < 1.29 is 4.79 Å². The third-order valence-corrected chi connectivity index (χ3v) is 3.01. The van der Waals surface area contributed by atoms with Crippen molar-refractivity contribution in [1.29, 1.82) is 5.26 Å². The molecule has 0 aromatic heterocycles. The minimum atomic E-state index is -0.0969. The van der Waals surface area contributed by atoms with Gasteiger partial charge in [-0.25, -0.2) is 0 Å². The summed E-state index contributed by atoms with van der Waals surface area (Å²) in [6.45, 7) is 0. The third-order valence-electron chi connectivity index (χ3n) is 2.77. The smallest absolute Gasteiger partial charge is 0.228 e. The summed E-state index contributed by atoms with van der Waals surface area (Å²) >= 11 is 5.88. The van der Waals surface area contributed by atoms with E-state index in [9.17, 15) is 4.79 Å². The Labute approximate surface area is 122 Å². The van der Waals surface area contributed by atoms with Crippen molar-refractivity contribution in [3.8, 4) is 6.07 Å². The van der Waals surface area contributed by atoms with Crippen LogP contribution in [-0.2, 0) is 17.6 Å². The fourth-order valence-electron chi connectivity index (χ4n) is 1.83. The quantitative estimate of drug-likeness (QED) is 0.933. The lowest BCUT2D eigenvalue weighted by Crippen LogP contribution is -2.14. The Morgan fingerprint density at radius 1 is 1.15 bits per heavy atom. The molecule has 0 aliphatic carbocycles. The van der Waals surface area contributed by atoms with E-state index in [0.29, 0.717) is 11.4 Å². The highest BCUT2D eigenvalue weighted by Crippen LogP contribution is 2.13. The Hall–Kier alpha value is -2.31. The summed E-state index contributed by atoms with van der Waals surface area (Å²) in [7, 11) is 0. The van der Waals surface area contributed by atoms with Crippen LogP contribution in [0.1, 0.15) is 11.1 Å². The standard InChI is InChI=1S/C16H13ClN2O/c17-14-3-1-2-13(10-14)11-16(20)19-15-6-4-12(5-7-15)8-9-18/h1-7,10H,8,11H2,(H,19,20). The first-order valence-electron chi connectivity index (χ1n) is 6.17. The molecule has 4 heteroatoms. The van der Waals surface area contributed by atoms with Gasteiger partial charge in [0, 0.05) is 10.7 Å². The van der Waals surface area contributed by atoms with Crippen LogP contribution in [0.25, 0.3) is 0 Å². The molecule has 2 aromatic carbocycles. The van der Waals surface area contributed by atoms with Gasteiger partial charge in [0.2, 0.25) is 5.91 Å². The van der Waals surface area contributed by atoms with Crippen LogP contribution >= 0.6 is 11.6 Å². The number of rotatable bonds is 4. The van der Waals surface area contributed by atoms with Crippen LogP contribution in [0.4, 0.5) is 5.69 Å². The van der Waals surface area contributed by atoms with E-state index in [-0.39, 0.29) is 12.3 Å². The number of halogens is 1. The number of nitrogens with zero attached hydrogens (tertiary/aromatic N) is 1. The van der Waals surface area contributed by atoms with E-state index in [1.54, 1.807) is 24.3 Å². The highest BCUT2D eigenvalue weighted by Gasteiger charge is 2.04. The lowest BCUT2D eigenvalue weighted by molar-refractivity contribution is -0.115. The maximum Gasteiger partial charge on any atom is 0.228 e. The summed E-state index contributed by atoms with van der Waals surface area (Å²) in [4.78, 5) is 11.9. The van der Waals surface area contributed by atoms with E-state index in [2.05, 4.69) is 11.4 Å². The first kappa shape index (κ1) is 14.1. The van der Waals surface area contributed by atoms with Crippen LogP contribution in [0, 0.1) is 11.3 Å². The molecule has 100 valence electrons. The number of carbonyl (C=O) groups is 1. The van der Waals surface area contributed by atoms with Gasteiger partial charge in [0.25, 0.3) is 0 Å². The Morgan fingerprint density at radius 3 is 2.55 bits per heavy atom. The minimum absolute atomic E-state index is 0.0969. The summed E-state index contributed by atoms with van der Waals surface area (Å²) < 4.78 is 0. The first-order valence-corrected chi connectivity index (χ1v) is 6.55. The second kappa shape index (κ2) is 6.74. The van der Waals surface area contributed by atoms with Crippen LogP contribution in [0.3, 0.4) is 0 Å². The molecule has 20 heavy (non-hydrogen) atoms. The largest absolute Gasteiger partial charge is 0.326 e. The molecule has 0 heterocycles. The molecule has 0 unspecified atom stereocenters. The number of nitriles is 1. The van der Waals surface area contributed by atoms with E-state index in [1.807, 2.05) is 24.3 Å². The summed E-state index contributed by atoms with van der Waals surface area (Å²) in [5.74, 6) is -0.0969. The maximum absolute atomic E-state index is 11.9. The Balaban J connectivity index is 1.96. The molecule has 0 aliphatic rings. The van der Waals surface area contributed by atoms with Gasteiger partial charge in [-0.2, -0.15) is 5.26 Å². The zero-order valence-corrected chi connectivity index (χ0v) is 11.5. The number of benzene rings is 2. The van der Waals surface area contributed by atoms with Gasteiger partial charge in [-0.1, -0.05) is 35.9 Å². The molecule has 1 amide bonds. The minimum Gasteiger partial charge on any atom is -0.326 e. The monoisotopic (exact) mass is 284 g/mol. The van der Waals surface area contributed by atoms with Gasteiger partial charge in [-0.05, 0) is 35.4 Å². The normalized spacial score (nSPS) is 9.80. The highest BCUT2D eigenvalue weighted by molar-refractivity contribution is 6.30. The number of amides is 1. The fraction of sp³-hybridized carbons (Fsp3) is 0.125. The summed E-state index contributed by atoms with van der Waals surface area (Å²) in [5.41, 5.74) is 2.52. The molecule has 0 aliphatic heterocycles. The molecule has 2 rings (SSSR count). The van der Waals surface area contributed by atoms with Gasteiger partial charge in [-0.15, -0.1) is 0 Å². The van der Waals surface area contributed by atoms with Gasteiger partial charge >= 0.3 is 0 Å². The van der Waals surface area contributed by atoms with E-state index in [0.717, 1.165) is 16.8 Å². The van der Waals surface area contributed by atoms with Crippen molar-refractivity contribution in [1.82, 2.24) is 0 Å². The maximum atomic E-state index is 11.9. The molecule has 0 atom stereocenters. The van der Waals surface area contributed by atoms with E-state index >= 15 is 0 Å².